The van der Waals surface area contributed by atoms with Crippen LogP contribution in [-0.4, -0.2) is 40.0 Å². The van der Waals surface area contributed by atoms with E-state index in [1.54, 1.807) is 43.7 Å². The molecule has 1 fully saturated rings. The first kappa shape index (κ1) is 26.9. The van der Waals surface area contributed by atoms with Crippen LogP contribution in [0.5, 0.6) is 0 Å². The van der Waals surface area contributed by atoms with Gasteiger partial charge in [-0.25, -0.2) is 4.79 Å². The molecule has 0 radical (unpaired) electrons. The van der Waals surface area contributed by atoms with Crippen LogP contribution < -0.4 is 10.6 Å². The number of nitrogens with zero attached hydrogens (tertiary/aromatic N) is 1. The van der Waals surface area contributed by atoms with E-state index in [0.717, 1.165) is 18.4 Å². The van der Waals surface area contributed by atoms with Crippen LogP contribution in [0.2, 0.25) is 0 Å². The van der Waals surface area contributed by atoms with Gasteiger partial charge in [-0.3, -0.25) is 14.4 Å². The number of aromatic nitrogens is 1. The second-order valence-corrected chi connectivity index (χ2v) is 10.5. The Morgan fingerprint density at radius 3 is 2.37 bits per heavy atom. The molecule has 38 heavy (non-hydrogen) atoms. The minimum Gasteiger partial charge on any atom is -0.461 e. The largest absolute Gasteiger partial charge is 0.461 e. The zero-order chi connectivity index (χ0) is 27.4. The maximum atomic E-state index is 12.8. The molecule has 1 aliphatic carbocycles. The van der Waals surface area contributed by atoms with Crippen molar-refractivity contribution in [3.63, 3.8) is 0 Å². The van der Waals surface area contributed by atoms with E-state index in [2.05, 4.69) is 10.6 Å². The predicted octanol–water partition coefficient (Wildman–Crippen LogP) is 4.76. The van der Waals surface area contributed by atoms with Gasteiger partial charge in [0, 0.05) is 34.4 Å². The number of carbonyl (C=O) groups excluding carboxylic acids is 4. The topological polar surface area (TPSA) is 116 Å². The number of nitrogens with one attached hydrogen (secondary N) is 2. The standard InChI is InChI=1S/C29H33N3O6/c1-18(33)23-15-32(16-27(35)38-29(2,3)4)25-12-20(13-26(34)37-17-19-8-6-5-7-9-19)24(14-22(23)25)31-28(36)30-21-10-11-21/h5-9,12,14-15,21H,10-11,13,16-17H2,1-4H3,(H2,30,31,36). The fourth-order valence-corrected chi connectivity index (χ4v) is 4.08. The molecule has 1 aliphatic rings. The SMILES string of the molecule is CC(=O)c1cn(CC(=O)OC(C)(C)C)c2cc(CC(=O)OCc3ccccc3)c(NC(=O)NC3CC3)cc12. The number of hydrogen-bond donors (Lipinski definition) is 2. The van der Waals surface area contributed by atoms with Crippen LogP contribution in [0.15, 0.2) is 48.7 Å². The third-order valence-electron chi connectivity index (χ3n) is 5.94. The summed E-state index contributed by atoms with van der Waals surface area (Å²) < 4.78 is 12.6. The molecule has 9 heteroatoms. The first-order valence-electron chi connectivity index (χ1n) is 12.6. The summed E-state index contributed by atoms with van der Waals surface area (Å²) in [5.41, 5.74) is 2.05. The van der Waals surface area contributed by atoms with Gasteiger partial charge in [0.15, 0.2) is 5.78 Å². The number of fused-ring (bicyclic) bond motifs is 1. The highest BCUT2D eigenvalue weighted by Crippen LogP contribution is 2.30. The van der Waals surface area contributed by atoms with E-state index in [0.29, 0.717) is 27.7 Å². The van der Waals surface area contributed by atoms with Crippen LogP contribution in [0, 0.1) is 0 Å². The van der Waals surface area contributed by atoms with E-state index in [1.165, 1.54) is 6.92 Å². The van der Waals surface area contributed by atoms with Gasteiger partial charge in [0.05, 0.1) is 6.42 Å². The van der Waals surface area contributed by atoms with Crippen molar-refractivity contribution >= 4 is 40.3 Å². The Bertz CT molecular complexity index is 1370. The summed E-state index contributed by atoms with van der Waals surface area (Å²) >= 11 is 0. The minimum absolute atomic E-state index is 0.116. The van der Waals surface area contributed by atoms with Gasteiger partial charge in [0.2, 0.25) is 0 Å². The number of carbonyl (C=O) groups is 4. The lowest BCUT2D eigenvalue weighted by Crippen LogP contribution is -2.31. The van der Waals surface area contributed by atoms with Crippen LogP contribution in [0.3, 0.4) is 0 Å². The molecule has 2 aromatic carbocycles. The number of amides is 2. The van der Waals surface area contributed by atoms with E-state index < -0.39 is 17.5 Å². The number of ketones is 1. The smallest absolute Gasteiger partial charge is 0.326 e. The predicted molar refractivity (Wildman–Crippen MR) is 143 cm³/mol. The number of ether oxygens (including phenoxy) is 2. The maximum absolute atomic E-state index is 12.8. The normalized spacial score (nSPS) is 13.2. The van der Waals surface area contributed by atoms with Crippen LogP contribution in [0.4, 0.5) is 10.5 Å². The quantitative estimate of drug-likeness (QED) is 0.311. The Labute approximate surface area is 221 Å². The Hall–Kier alpha value is -4.14. The molecule has 9 nitrogen and oxygen atoms in total. The Kier molecular flexibility index (Phi) is 7.85. The van der Waals surface area contributed by atoms with Crippen LogP contribution in [0.25, 0.3) is 10.9 Å². The summed E-state index contributed by atoms with van der Waals surface area (Å²) in [5, 5.41) is 6.26. The monoisotopic (exact) mass is 519 g/mol. The summed E-state index contributed by atoms with van der Waals surface area (Å²) in [5.74, 6) is -1.13. The lowest BCUT2D eigenvalue weighted by molar-refractivity contribution is -0.155. The van der Waals surface area contributed by atoms with Crippen molar-refractivity contribution < 1.29 is 28.7 Å². The molecule has 2 N–H and O–H groups in total. The fraction of sp³-hybridized carbons (Fsp3) is 0.379. The summed E-state index contributed by atoms with van der Waals surface area (Å²) in [6, 6.07) is 12.5. The molecule has 0 saturated heterocycles. The van der Waals surface area contributed by atoms with Gasteiger partial charge in [0.25, 0.3) is 0 Å². The number of urea groups is 1. The van der Waals surface area contributed by atoms with E-state index in [-0.39, 0.29) is 37.4 Å². The van der Waals surface area contributed by atoms with E-state index in [1.807, 2.05) is 30.3 Å². The van der Waals surface area contributed by atoms with Gasteiger partial charge in [-0.05, 0) is 63.8 Å². The maximum Gasteiger partial charge on any atom is 0.326 e. The highest BCUT2D eigenvalue weighted by atomic mass is 16.6. The highest BCUT2D eigenvalue weighted by Gasteiger charge is 2.25. The van der Waals surface area contributed by atoms with Crippen molar-refractivity contribution in [2.45, 2.75) is 71.8 Å². The number of esters is 2. The van der Waals surface area contributed by atoms with E-state index >= 15 is 0 Å². The van der Waals surface area contributed by atoms with Gasteiger partial charge in [0.1, 0.15) is 18.8 Å². The summed E-state index contributed by atoms with van der Waals surface area (Å²) in [7, 11) is 0. The van der Waals surface area contributed by atoms with Gasteiger partial charge < -0.3 is 24.7 Å². The van der Waals surface area contributed by atoms with E-state index in [9.17, 15) is 19.2 Å². The zero-order valence-electron chi connectivity index (χ0n) is 22.1. The molecule has 1 saturated carbocycles. The van der Waals surface area contributed by atoms with Crippen molar-refractivity contribution in [2.24, 2.45) is 0 Å². The average molecular weight is 520 g/mol. The van der Waals surface area contributed by atoms with Gasteiger partial charge in [-0.15, -0.1) is 0 Å². The third-order valence-corrected chi connectivity index (χ3v) is 5.94. The molecule has 1 heterocycles. The number of benzene rings is 2. The second-order valence-electron chi connectivity index (χ2n) is 10.5. The van der Waals surface area contributed by atoms with Gasteiger partial charge in [-0.2, -0.15) is 0 Å². The number of hydrogen-bond acceptors (Lipinski definition) is 6. The minimum atomic E-state index is -0.664. The van der Waals surface area contributed by atoms with Crippen LogP contribution in [0.1, 0.15) is 62.0 Å². The second kappa shape index (κ2) is 11.1. The first-order chi connectivity index (χ1) is 18.0. The van der Waals surface area contributed by atoms with E-state index in [4.69, 9.17) is 9.47 Å². The molecule has 1 aromatic heterocycles. The fourth-order valence-electron chi connectivity index (χ4n) is 4.08. The van der Waals surface area contributed by atoms with Crippen molar-refractivity contribution in [1.29, 1.82) is 0 Å². The van der Waals surface area contributed by atoms with Gasteiger partial charge >= 0.3 is 18.0 Å². The molecule has 0 bridgehead atoms. The molecule has 3 aromatic rings. The lowest BCUT2D eigenvalue weighted by Gasteiger charge is -2.20. The Balaban J connectivity index is 1.66. The lowest BCUT2D eigenvalue weighted by atomic mass is 10.0. The molecular weight excluding hydrogens is 486 g/mol. The van der Waals surface area contributed by atoms with Crippen molar-refractivity contribution in [1.82, 2.24) is 9.88 Å². The highest BCUT2D eigenvalue weighted by molar-refractivity contribution is 6.09. The van der Waals surface area contributed by atoms with Gasteiger partial charge in [-0.1, -0.05) is 30.3 Å². The van der Waals surface area contributed by atoms with Crippen LogP contribution >= 0.6 is 0 Å². The van der Waals surface area contributed by atoms with Crippen molar-refractivity contribution in [2.75, 3.05) is 5.32 Å². The third kappa shape index (κ3) is 7.21. The molecule has 0 spiro atoms. The molecule has 0 atom stereocenters. The average Bonchev–Trinajstić information content (AvgIpc) is 3.57. The molecule has 4 rings (SSSR count). The number of anilines is 1. The Morgan fingerprint density at radius 2 is 1.74 bits per heavy atom. The van der Waals surface area contributed by atoms with Crippen molar-refractivity contribution in [3.05, 3.63) is 65.4 Å². The van der Waals surface area contributed by atoms with Crippen molar-refractivity contribution in [3.8, 4) is 0 Å². The Morgan fingerprint density at radius 1 is 1.03 bits per heavy atom. The molecule has 200 valence electrons. The molecule has 0 aliphatic heterocycles. The van der Waals surface area contributed by atoms with Crippen LogP contribution in [-0.2, 0) is 38.6 Å². The molecular formula is C29H33N3O6. The summed E-state index contributed by atoms with van der Waals surface area (Å²) in [6.45, 7) is 6.79. The number of rotatable bonds is 9. The molecule has 2 amide bonds. The molecule has 0 unspecified atom stereocenters. The number of Topliss-reactive ketones (excluding diaryl/α,β-unsaturated/α-hetero) is 1. The summed E-state index contributed by atoms with van der Waals surface area (Å²) in [6.07, 6.45) is 3.33. The zero-order valence-corrected chi connectivity index (χ0v) is 22.1. The summed E-state index contributed by atoms with van der Waals surface area (Å²) in [4.78, 5) is 50.4. The first-order valence-corrected chi connectivity index (χ1v) is 12.6.